The SMILES string of the molecule is CC(=O)N(CCC(=O)Nc1ccccc1C(C)C)c1ccccc1C. The Hall–Kier alpha value is -2.62. The van der Waals surface area contributed by atoms with Crippen molar-refractivity contribution in [2.45, 2.75) is 40.0 Å². The third kappa shape index (κ3) is 4.92. The summed E-state index contributed by atoms with van der Waals surface area (Å²) >= 11 is 0. The quantitative estimate of drug-likeness (QED) is 0.843. The molecule has 4 heteroatoms. The predicted molar refractivity (Wildman–Crippen MR) is 103 cm³/mol. The van der Waals surface area contributed by atoms with Crippen molar-refractivity contribution in [3.8, 4) is 0 Å². The molecule has 2 aromatic carbocycles. The maximum absolute atomic E-state index is 12.4. The lowest BCUT2D eigenvalue weighted by Gasteiger charge is -2.23. The van der Waals surface area contributed by atoms with E-state index in [0.717, 1.165) is 22.5 Å². The van der Waals surface area contributed by atoms with Gasteiger partial charge >= 0.3 is 0 Å². The summed E-state index contributed by atoms with van der Waals surface area (Å²) in [6, 6.07) is 15.5. The number of hydrogen-bond acceptors (Lipinski definition) is 2. The number of amides is 2. The van der Waals surface area contributed by atoms with E-state index >= 15 is 0 Å². The molecule has 4 nitrogen and oxygen atoms in total. The molecular weight excluding hydrogens is 312 g/mol. The molecular formula is C21H26N2O2. The van der Waals surface area contributed by atoms with Gasteiger partial charge in [-0.15, -0.1) is 0 Å². The predicted octanol–water partition coefficient (Wildman–Crippen LogP) is 4.50. The fourth-order valence-corrected chi connectivity index (χ4v) is 2.85. The summed E-state index contributed by atoms with van der Waals surface area (Å²) in [4.78, 5) is 26.0. The molecule has 132 valence electrons. The van der Waals surface area contributed by atoms with E-state index in [1.165, 1.54) is 6.92 Å². The minimum atomic E-state index is -0.0899. The molecule has 0 fully saturated rings. The first-order valence-corrected chi connectivity index (χ1v) is 8.62. The molecule has 0 bridgehead atoms. The number of rotatable bonds is 6. The van der Waals surface area contributed by atoms with Crippen molar-refractivity contribution >= 4 is 23.2 Å². The van der Waals surface area contributed by atoms with Gasteiger partial charge in [-0.2, -0.15) is 0 Å². The van der Waals surface area contributed by atoms with Gasteiger partial charge in [0.05, 0.1) is 0 Å². The highest BCUT2D eigenvalue weighted by molar-refractivity contribution is 5.95. The van der Waals surface area contributed by atoms with Crippen LogP contribution in [0.2, 0.25) is 0 Å². The van der Waals surface area contributed by atoms with E-state index in [1.54, 1.807) is 4.90 Å². The number of aryl methyl sites for hydroxylation is 1. The lowest BCUT2D eigenvalue weighted by molar-refractivity contribution is -0.117. The van der Waals surface area contributed by atoms with Gasteiger partial charge in [0.2, 0.25) is 11.8 Å². The van der Waals surface area contributed by atoms with E-state index in [9.17, 15) is 9.59 Å². The number of nitrogens with zero attached hydrogens (tertiary/aromatic N) is 1. The van der Waals surface area contributed by atoms with Gasteiger partial charge in [-0.3, -0.25) is 9.59 Å². The van der Waals surface area contributed by atoms with E-state index in [2.05, 4.69) is 19.2 Å². The molecule has 0 unspecified atom stereocenters. The van der Waals surface area contributed by atoms with Gasteiger partial charge in [-0.25, -0.2) is 0 Å². The molecule has 0 saturated heterocycles. The molecule has 0 aliphatic heterocycles. The number of hydrogen-bond donors (Lipinski definition) is 1. The van der Waals surface area contributed by atoms with Gasteiger partial charge in [0.25, 0.3) is 0 Å². The minimum absolute atomic E-state index is 0.0651. The number of benzene rings is 2. The zero-order valence-corrected chi connectivity index (χ0v) is 15.4. The largest absolute Gasteiger partial charge is 0.326 e. The maximum atomic E-state index is 12.4. The van der Waals surface area contributed by atoms with E-state index in [-0.39, 0.29) is 18.2 Å². The lowest BCUT2D eigenvalue weighted by Crippen LogP contribution is -2.32. The fourth-order valence-electron chi connectivity index (χ4n) is 2.85. The second-order valence-electron chi connectivity index (χ2n) is 6.50. The fraction of sp³-hybridized carbons (Fsp3) is 0.333. The molecule has 0 saturated carbocycles. The van der Waals surface area contributed by atoms with Crippen molar-refractivity contribution in [3.05, 3.63) is 59.7 Å². The topological polar surface area (TPSA) is 49.4 Å². The van der Waals surface area contributed by atoms with Crippen LogP contribution < -0.4 is 10.2 Å². The summed E-state index contributed by atoms with van der Waals surface area (Å²) in [6.07, 6.45) is 0.250. The Balaban J connectivity index is 2.05. The van der Waals surface area contributed by atoms with Crippen LogP contribution in [-0.2, 0) is 9.59 Å². The van der Waals surface area contributed by atoms with Crippen molar-refractivity contribution in [1.29, 1.82) is 0 Å². The van der Waals surface area contributed by atoms with Crippen LogP contribution in [0.15, 0.2) is 48.5 Å². The van der Waals surface area contributed by atoms with Gasteiger partial charge in [0.1, 0.15) is 0 Å². The van der Waals surface area contributed by atoms with Crippen molar-refractivity contribution < 1.29 is 9.59 Å². The molecule has 2 rings (SSSR count). The van der Waals surface area contributed by atoms with Crippen LogP contribution in [-0.4, -0.2) is 18.4 Å². The minimum Gasteiger partial charge on any atom is -0.326 e. The van der Waals surface area contributed by atoms with Gasteiger partial charge in [0.15, 0.2) is 0 Å². The number of nitrogens with one attached hydrogen (secondary N) is 1. The molecule has 0 atom stereocenters. The summed E-state index contributed by atoms with van der Waals surface area (Å²) in [5.74, 6) is 0.176. The standard InChI is InChI=1S/C21H26N2O2/c1-15(2)18-10-6-7-11-19(18)22-21(25)13-14-23(17(4)24)20-12-8-5-9-16(20)3/h5-12,15H,13-14H2,1-4H3,(H,22,25). The highest BCUT2D eigenvalue weighted by atomic mass is 16.2. The first-order valence-electron chi connectivity index (χ1n) is 8.62. The van der Waals surface area contributed by atoms with Gasteiger partial charge in [0, 0.05) is 31.3 Å². The summed E-state index contributed by atoms with van der Waals surface area (Å²) in [5, 5.41) is 2.98. The van der Waals surface area contributed by atoms with Gasteiger partial charge < -0.3 is 10.2 Å². The van der Waals surface area contributed by atoms with E-state index in [1.807, 2.05) is 55.5 Å². The molecule has 2 aromatic rings. The highest BCUT2D eigenvalue weighted by Gasteiger charge is 2.16. The zero-order valence-electron chi connectivity index (χ0n) is 15.4. The first kappa shape index (κ1) is 18.7. The van der Waals surface area contributed by atoms with Crippen LogP contribution in [0.4, 0.5) is 11.4 Å². The summed E-state index contributed by atoms with van der Waals surface area (Å²) in [5.41, 5.74) is 3.82. The van der Waals surface area contributed by atoms with Crippen LogP contribution >= 0.6 is 0 Å². The summed E-state index contributed by atoms with van der Waals surface area (Å²) < 4.78 is 0. The average Bonchev–Trinajstić information content (AvgIpc) is 2.56. The van der Waals surface area contributed by atoms with Gasteiger partial charge in [-0.05, 0) is 36.1 Å². The highest BCUT2D eigenvalue weighted by Crippen LogP contribution is 2.24. The number of carbonyl (C=O) groups is 2. The third-order valence-electron chi connectivity index (χ3n) is 4.21. The second-order valence-corrected chi connectivity index (χ2v) is 6.50. The zero-order chi connectivity index (χ0) is 18.4. The molecule has 0 aliphatic carbocycles. The third-order valence-corrected chi connectivity index (χ3v) is 4.21. The van der Waals surface area contributed by atoms with Crippen molar-refractivity contribution in [2.24, 2.45) is 0 Å². The first-order chi connectivity index (χ1) is 11.9. The average molecular weight is 338 g/mol. The Bertz CT molecular complexity index is 753. The Morgan fingerprint density at radius 3 is 2.32 bits per heavy atom. The molecule has 25 heavy (non-hydrogen) atoms. The van der Waals surface area contributed by atoms with Crippen molar-refractivity contribution in [1.82, 2.24) is 0 Å². The van der Waals surface area contributed by atoms with E-state index in [0.29, 0.717) is 12.5 Å². The molecule has 0 spiro atoms. The van der Waals surface area contributed by atoms with Crippen LogP contribution in [0.3, 0.4) is 0 Å². The molecule has 0 heterocycles. The van der Waals surface area contributed by atoms with Crippen molar-refractivity contribution in [3.63, 3.8) is 0 Å². The van der Waals surface area contributed by atoms with E-state index < -0.39 is 0 Å². The maximum Gasteiger partial charge on any atom is 0.226 e. The van der Waals surface area contributed by atoms with Crippen LogP contribution in [0.5, 0.6) is 0 Å². The summed E-state index contributed by atoms with van der Waals surface area (Å²) in [6.45, 7) is 8.04. The van der Waals surface area contributed by atoms with Crippen LogP contribution in [0.25, 0.3) is 0 Å². The molecule has 0 aromatic heterocycles. The van der Waals surface area contributed by atoms with E-state index in [4.69, 9.17) is 0 Å². The molecule has 2 amide bonds. The van der Waals surface area contributed by atoms with Crippen LogP contribution in [0, 0.1) is 6.92 Å². The normalized spacial score (nSPS) is 10.6. The lowest BCUT2D eigenvalue weighted by atomic mass is 10.0. The van der Waals surface area contributed by atoms with Crippen LogP contribution in [0.1, 0.15) is 44.2 Å². The molecule has 0 aliphatic rings. The molecule has 1 N–H and O–H groups in total. The Kier molecular flexibility index (Phi) is 6.34. The van der Waals surface area contributed by atoms with Crippen molar-refractivity contribution in [2.75, 3.05) is 16.8 Å². The summed E-state index contributed by atoms with van der Waals surface area (Å²) in [7, 11) is 0. The Morgan fingerprint density at radius 1 is 1.04 bits per heavy atom. The monoisotopic (exact) mass is 338 g/mol. The number of carbonyl (C=O) groups excluding carboxylic acids is 2. The Labute approximate surface area is 149 Å². The number of para-hydroxylation sites is 2. The van der Waals surface area contributed by atoms with Gasteiger partial charge in [-0.1, -0.05) is 50.2 Å². The Morgan fingerprint density at radius 2 is 1.68 bits per heavy atom. The smallest absolute Gasteiger partial charge is 0.226 e. The number of anilines is 2. The molecule has 0 radical (unpaired) electrons. The second kappa shape index (κ2) is 8.47.